The molecule has 20 heavy (non-hydrogen) atoms. The van der Waals surface area contributed by atoms with Crippen molar-refractivity contribution in [1.29, 1.82) is 0 Å². The van der Waals surface area contributed by atoms with Crippen molar-refractivity contribution in [1.82, 2.24) is 14.9 Å². The lowest BCUT2D eigenvalue weighted by atomic mass is 10.1. The van der Waals surface area contributed by atoms with Crippen LogP contribution in [-0.2, 0) is 0 Å². The van der Waals surface area contributed by atoms with Crippen LogP contribution in [-0.4, -0.2) is 40.9 Å². The number of amides is 1. The summed E-state index contributed by atoms with van der Waals surface area (Å²) in [6.07, 6.45) is 9.28. The number of rotatable bonds is 6. The van der Waals surface area contributed by atoms with Gasteiger partial charge in [-0.25, -0.2) is 4.98 Å². The van der Waals surface area contributed by atoms with E-state index in [1.54, 1.807) is 17.3 Å². The van der Waals surface area contributed by atoms with Crippen molar-refractivity contribution >= 4 is 11.7 Å². The van der Waals surface area contributed by atoms with Crippen molar-refractivity contribution in [3.8, 4) is 0 Å². The minimum absolute atomic E-state index is 0.0375. The Labute approximate surface area is 120 Å². The average molecular weight is 276 g/mol. The fourth-order valence-electron chi connectivity index (χ4n) is 2.67. The summed E-state index contributed by atoms with van der Waals surface area (Å²) >= 11 is 0. The maximum Gasteiger partial charge on any atom is 0.273 e. The Morgan fingerprint density at radius 2 is 2.15 bits per heavy atom. The van der Waals surface area contributed by atoms with Crippen molar-refractivity contribution in [2.75, 3.05) is 25.5 Å². The van der Waals surface area contributed by atoms with Crippen LogP contribution in [0.4, 0.5) is 5.82 Å². The zero-order valence-corrected chi connectivity index (χ0v) is 12.4. The molecule has 110 valence electrons. The van der Waals surface area contributed by atoms with E-state index < -0.39 is 0 Å². The van der Waals surface area contributed by atoms with Crippen LogP contribution in [0.5, 0.6) is 0 Å². The van der Waals surface area contributed by atoms with Crippen LogP contribution < -0.4 is 5.32 Å². The molecule has 1 aliphatic carbocycles. The molecule has 0 radical (unpaired) electrons. The Morgan fingerprint density at radius 1 is 1.40 bits per heavy atom. The summed E-state index contributed by atoms with van der Waals surface area (Å²) in [4.78, 5) is 22.6. The second-order valence-corrected chi connectivity index (χ2v) is 5.55. The predicted molar refractivity (Wildman–Crippen MR) is 79.7 cm³/mol. The van der Waals surface area contributed by atoms with Gasteiger partial charge in [0.2, 0.25) is 0 Å². The van der Waals surface area contributed by atoms with Gasteiger partial charge < -0.3 is 10.2 Å². The Kier molecular flexibility index (Phi) is 5.32. The maximum absolute atomic E-state index is 12.4. The Hall–Kier alpha value is -1.65. The van der Waals surface area contributed by atoms with Crippen LogP contribution in [0.25, 0.3) is 0 Å². The molecule has 0 aromatic carbocycles. The van der Waals surface area contributed by atoms with Gasteiger partial charge in [0, 0.05) is 20.1 Å². The van der Waals surface area contributed by atoms with Crippen LogP contribution in [0.2, 0.25) is 0 Å². The van der Waals surface area contributed by atoms with Gasteiger partial charge in [0.05, 0.1) is 12.4 Å². The number of aromatic nitrogens is 2. The lowest BCUT2D eigenvalue weighted by molar-refractivity contribution is 0.0767. The van der Waals surface area contributed by atoms with Gasteiger partial charge in [-0.15, -0.1) is 0 Å². The van der Waals surface area contributed by atoms with Gasteiger partial charge in [0.1, 0.15) is 11.5 Å². The molecular weight excluding hydrogens is 252 g/mol. The molecule has 0 spiro atoms. The standard InChI is InChI=1S/C15H24N4O/c1-3-8-17-14-10-16-9-13(18-14)15(20)19(2)11-12-6-4-5-7-12/h9-10,12H,3-8,11H2,1-2H3,(H,17,18). The molecule has 0 saturated heterocycles. The van der Waals surface area contributed by atoms with Crippen molar-refractivity contribution in [3.05, 3.63) is 18.1 Å². The zero-order valence-electron chi connectivity index (χ0n) is 12.4. The molecule has 1 heterocycles. The third kappa shape index (κ3) is 3.92. The number of hydrogen-bond donors (Lipinski definition) is 1. The van der Waals surface area contributed by atoms with Crippen LogP contribution in [0.3, 0.4) is 0 Å². The molecule has 1 amide bonds. The van der Waals surface area contributed by atoms with Gasteiger partial charge >= 0.3 is 0 Å². The molecular formula is C15H24N4O. The summed E-state index contributed by atoms with van der Waals surface area (Å²) in [7, 11) is 1.86. The monoisotopic (exact) mass is 276 g/mol. The topological polar surface area (TPSA) is 58.1 Å². The minimum atomic E-state index is -0.0375. The molecule has 0 unspecified atom stereocenters. The van der Waals surface area contributed by atoms with Crippen LogP contribution >= 0.6 is 0 Å². The van der Waals surface area contributed by atoms with E-state index in [4.69, 9.17) is 0 Å². The number of nitrogens with one attached hydrogen (secondary N) is 1. The van der Waals surface area contributed by atoms with E-state index in [1.165, 1.54) is 25.7 Å². The molecule has 2 rings (SSSR count). The Bertz CT molecular complexity index is 443. The van der Waals surface area contributed by atoms with E-state index in [0.717, 1.165) is 19.5 Å². The first-order valence-corrected chi connectivity index (χ1v) is 7.52. The Morgan fingerprint density at radius 3 is 2.85 bits per heavy atom. The van der Waals surface area contributed by atoms with Gasteiger partial charge in [-0.05, 0) is 25.2 Å². The quantitative estimate of drug-likeness (QED) is 0.867. The third-order valence-corrected chi connectivity index (χ3v) is 3.76. The van der Waals surface area contributed by atoms with E-state index in [0.29, 0.717) is 17.4 Å². The van der Waals surface area contributed by atoms with E-state index in [1.807, 2.05) is 7.05 Å². The van der Waals surface area contributed by atoms with Crippen LogP contribution in [0.1, 0.15) is 49.5 Å². The highest BCUT2D eigenvalue weighted by atomic mass is 16.2. The summed E-state index contributed by atoms with van der Waals surface area (Å²) in [5, 5.41) is 3.16. The fraction of sp³-hybridized carbons (Fsp3) is 0.667. The third-order valence-electron chi connectivity index (χ3n) is 3.76. The van der Waals surface area contributed by atoms with Crippen molar-refractivity contribution in [2.45, 2.75) is 39.0 Å². The van der Waals surface area contributed by atoms with E-state index in [-0.39, 0.29) is 5.91 Å². The fourth-order valence-corrected chi connectivity index (χ4v) is 2.67. The highest BCUT2D eigenvalue weighted by molar-refractivity contribution is 5.92. The molecule has 1 saturated carbocycles. The molecule has 1 aliphatic rings. The number of anilines is 1. The second-order valence-electron chi connectivity index (χ2n) is 5.55. The zero-order chi connectivity index (χ0) is 14.4. The lowest BCUT2D eigenvalue weighted by Crippen LogP contribution is -2.31. The van der Waals surface area contributed by atoms with E-state index in [9.17, 15) is 4.79 Å². The summed E-state index contributed by atoms with van der Waals surface area (Å²) < 4.78 is 0. The minimum Gasteiger partial charge on any atom is -0.369 e. The molecule has 0 bridgehead atoms. The first kappa shape index (κ1) is 14.8. The molecule has 1 aromatic heterocycles. The molecule has 1 fully saturated rings. The first-order chi connectivity index (χ1) is 9.70. The van der Waals surface area contributed by atoms with Gasteiger partial charge in [0.25, 0.3) is 5.91 Å². The van der Waals surface area contributed by atoms with Gasteiger partial charge in [-0.1, -0.05) is 19.8 Å². The van der Waals surface area contributed by atoms with Gasteiger partial charge in [-0.2, -0.15) is 0 Å². The number of carbonyl (C=O) groups is 1. The Balaban J connectivity index is 1.96. The van der Waals surface area contributed by atoms with Crippen molar-refractivity contribution in [3.63, 3.8) is 0 Å². The van der Waals surface area contributed by atoms with E-state index >= 15 is 0 Å². The molecule has 0 aliphatic heterocycles. The summed E-state index contributed by atoms with van der Waals surface area (Å²) in [6, 6.07) is 0. The summed E-state index contributed by atoms with van der Waals surface area (Å²) in [5.74, 6) is 1.29. The number of nitrogens with zero attached hydrogens (tertiary/aromatic N) is 3. The van der Waals surface area contributed by atoms with Crippen molar-refractivity contribution < 1.29 is 4.79 Å². The first-order valence-electron chi connectivity index (χ1n) is 7.52. The van der Waals surface area contributed by atoms with E-state index in [2.05, 4.69) is 22.2 Å². The lowest BCUT2D eigenvalue weighted by Gasteiger charge is -2.20. The molecule has 5 nitrogen and oxygen atoms in total. The summed E-state index contributed by atoms with van der Waals surface area (Å²) in [5.41, 5.74) is 0.423. The second kappa shape index (κ2) is 7.22. The van der Waals surface area contributed by atoms with Crippen LogP contribution in [0, 0.1) is 5.92 Å². The molecule has 0 atom stereocenters. The number of carbonyl (C=O) groups excluding carboxylic acids is 1. The highest BCUT2D eigenvalue weighted by Crippen LogP contribution is 2.25. The normalized spacial score (nSPS) is 15.3. The van der Waals surface area contributed by atoms with Crippen LogP contribution in [0.15, 0.2) is 12.4 Å². The van der Waals surface area contributed by atoms with Gasteiger partial charge in [-0.3, -0.25) is 9.78 Å². The number of hydrogen-bond acceptors (Lipinski definition) is 4. The molecule has 1 N–H and O–H groups in total. The predicted octanol–water partition coefficient (Wildman–Crippen LogP) is 2.56. The largest absolute Gasteiger partial charge is 0.369 e. The smallest absolute Gasteiger partial charge is 0.273 e. The molecule has 5 heteroatoms. The summed E-state index contributed by atoms with van der Waals surface area (Å²) in [6.45, 7) is 3.75. The average Bonchev–Trinajstić information content (AvgIpc) is 2.97. The van der Waals surface area contributed by atoms with Crippen molar-refractivity contribution in [2.24, 2.45) is 5.92 Å². The van der Waals surface area contributed by atoms with Gasteiger partial charge in [0.15, 0.2) is 0 Å². The highest BCUT2D eigenvalue weighted by Gasteiger charge is 2.21. The molecule has 1 aromatic rings. The maximum atomic E-state index is 12.4. The SMILES string of the molecule is CCCNc1cncc(C(=O)N(C)CC2CCCC2)n1.